The number of fused-ring (bicyclic) bond motifs is 1. The molecule has 0 bridgehead atoms. The fourth-order valence-corrected chi connectivity index (χ4v) is 2.53. The van der Waals surface area contributed by atoms with Crippen molar-refractivity contribution < 1.29 is 9.21 Å². The molecule has 20 heavy (non-hydrogen) atoms. The predicted molar refractivity (Wildman–Crippen MR) is 77.6 cm³/mol. The second kappa shape index (κ2) is 4.96. The lowest BCUT2D eigenvalue weighted by molar-refractivity contribution is 0.101. The summed E-state index contributed by atoms with van der Waals surface area (Å²) in [7, 11) is 0. The maximum Gasteiger partial charge on any atom is 0.231 e. The van der Waals surface area contributed by atoms with E-state index in [2.05, 4.69) is 5.10 Å². The normalized spacial score (nSPS) is 11.2. The summed E-state index contributed by atoms with van der Waals surface area (Å²) >= 11 is 12.0. The molecule has 102 valence electrons. The summed E-state index contributed by atoms with van der Waals surface area (Å²) in [5.41, 5.74) is 0.940. The number of aryl methyl sites for hydroxylation is 1. The molecular weight excluding hydrogens is 299 g/mol. The van der Waals surface area contributed by atoms with Crippen LogP contribution in [0.3, 0.4) is 0 Å². The van der Waals surface area contributed by atoms with Crippen molar-refractivity contribution in [3.05, 3.63) is 52.0 Å². The first-order valence-electron chi connectivity index (χ1n) is 6.04. The van der Waals surface area contributed by atoms with E-state index in [1.54, 1.807) is 29.1 Å². The number of nitrogens with zero attached hydrogens (tertiary/aromatic N) is 2. The van der Waals surface area contributed by atoms with Crippen LogP contribution in [0.4, 0.5) is 0 Å². The van der Waals surface area contributed by atoms with Crippen LogP contribution in [-0.4, -0.2) is 15.6 Å². The van der Waals surface area contributed by atoms with Crippen LogP contribution < -0.4 is 0 Å². The van der Waals surface area contributed by atoms with Crippen LogP contribution in [0.15, 0.2) is 35.0 Å². The van der Waals surface area contributed by atoms with Gasteiger partial charge in [0.25, 0.3) is 0 Å². The minimum atomic E-state index is -0.229. The van der Waals surface area contributed by atoms with Crippen LogP contribution in [-0.2, 0) is 6.54 Å². The molecule has 2 aromatic heterocycles. The highest BCUT2D eigenvalue weighted by Crippen LogP contribution is 2.31. The SMILES string of the molecule is CCn1cc(C(=O)c2cc3cc(Cl)cc(Cl)c3o2)cn1. The first kappa shape index (κ1) is 13.2. The molecule has 3 rings (SSSR count). The van der Waals surface area contributed by atoms with Crippen LogP contribution >= 0.6 is 23.2 Å². The summed E-state index contributed by atoms with van der Waals surface area (Å²) in [6.45, 7) is 2.65. The van der Waals surface area contributed by atoms with Crippen molar-refractivity contribution in [3.8, 4) is 0 Å². The molecule has 0 unspecified atom stereocenters. The molecule has 3 aromatic rings. The second-order valence-electron chi connectivity index (χ2n) is 4.33. The van der Waals surface area contributed by atoms with Gasteiger partial charge in [0.2, 0.25) is 5.78 Å². The molecule has 0 aliphatic rings. The summed E-state index contributed by atoms with van der Waals surface area (Å²) < 4.78 is 7.22. The molecule has 0 aliphatic carbocycles. The Kier molecular flexibility index (Phi) is 3.28. The Morgan fingerprint density at radius 2 is 2.15 bits per heavy atom. The summed E-state index contributed by atoms with van der Waals surface area (Å²) in [5, 5.41) is 5.66. The Morgan fingerprint density at radius 3 is 2.85 bits per heavy atom. The summed E-state index contributed by atoms with van der Waals surface area (Å²) in [6, 6.07) is 4.93. The van der Waals surface area contributed by atoms with Gasteiger partial charge in [-0.05, 0) is 25.1 Å². The van der Waals surface area contributed by atoms with Crippen molar-refractivity contribution >= 4 is 40.0 Å². The van der Waals surface area contributed by atoms with Crippen molar-refractivity contribution in [1.29, 1.82) is 0 Å². The molecular formula is C14H10Cl2N2O2. The minimum absolute atomic E-state index is 0.222. The average Bonchev–Trinajstić information content (AvgIpc) is 3.03. The zero-order valence-corrected chi connectivity index (χ0v) is 12.1. The molecule has 6 heteroatoms. The number of ketones is 1. The van der Waals surface area contributed by atoms with Gasteiger partial charge in [0.1, 0.15) is 0 Å². The van der Waals surface area contributed by atoms with Crippen LogP contribution in [0.25, 0.3) is 11.0 Å². The zero-order valence-electron chi connectivity index (χ0n) is 10.6. The van der Waals surface area contributed by atoms with E-state index in [4.69, 9.17) is 27.6 Å². The third kappa shape index (κ3) is 2.21. The van der Waals surface area contributed by atoms with E-state index in [-0.39, 0.29) is 11.5 Å². The number of carbonyl (C=O) groups is 1. The van der Waals surface area contributed by atoms with Gasteiger partial charge in [0.15, 0.2) is 11.3 Å². The third-order valence-electron chi connectivity index (χ3n) is 2.98. The largest absolute Gasteiger partial charge is 0.451 e. The Hall–Kier alpha value is -1.78. The van der Waals surface area contributed by atoms with Gasteiger partial charge in [0.05, 0.1) is 16.8 Å². The predicted octanol–water partition coefficient (Wildman–Crippen LogP) is 4.19. The number of rotatable bonds is 3. The van der Waals surface area contributed by atoms with Crippen molar-refractivity contribution in [2.24, 2.45) is 0 Å². The number of carbonyl (C=O) groups excluding carboxylic acids is 1. The lowest BCUT2D eigenvalue weighted by atomic mass is 10.2. The first-order valence-corrected chi connectivity index (χ1v) is 6.80. The third-order valence-corrected chi connectivity index (χ3v) is 3.48. The number of furan rings is 1. The summed E-state index contributed by atoms with van der Waals surface area (Å²) in [5.74, 6) is -0.00657. The van der Waals surface area contributed by atoms with E-state index in [1.807, 2.05) is 6.92 Å². The van der Waals surface area contributed by atoms with Crippen molar-refractivity contribution in [2.75, 3.05) is 0 Å². The van der Waals surface area contributed by atoms with Crippen LogP contribution in [0.2, 0.25) is 10.0 Å². The molecule has 0 aliphatic heterocycles. The number of aromatic nitrogens is 2. The molecule has 0 spiro atoms. The van der Waals surface area contributed by atoms with Gasteiger partial charge in [-0.15, -0.1) is 0 Å². The van der Waals surface area contributed by atoms with E-state index in [0.717, 1.165) is 0 Å². The van der Waals surface area contributed by atoms with Crippen molar-refractivity contribution in [3.63, 3.8) is 0 Å². The monoisotopic (exact) mass is 308 g/mol. The molecule has 0 N–H and O–H groups in total. The van der Waals surface area contributed by atoms with E-state index in [0.29, 0.717) is 33.1 Å². The molecule has 4 nitrogen and oxygen atoms in total. The Bertz CT molecular complexity index is 805. The van der Waals surface area contributed by atoms with Gasteiger partial charge < -0.3 is 4.42 Å². The molecule has 0 radical (unpaired) electrons. The molecule has 0 fully saturated rings. The van der Waals surface area contributed by atoms with Gasteiger partial charge in [-0.1, -0.05) is 23.2 Å². The van der Waals surface area contributed by atoms with Gasteiger partial charge in [0, 0.05) is 23.2 Å². The van der Waals surface area contributed by atoms with E-state index in [9.17, 15) is 4.79 Å². The average molecular weight is 309 g/mol. The number of benzene rings is 1. The van der Waals surface area contributed by atoms with Crippen LogP contribution in [0, 0.1) is 0 Å². The molecule has 0 saturated carbocycles. The fraction of sp³-hybridized carbons (Fsp3) is 0.143. The van der Waals surface area contributed by atoms with E-state index >= 15 is 0 Å². The topological polar surface area (TPSA) is 48.0 Å². The number of hydrogen-bond donors (Lipinski definition) is 0. The highest BCUT2D eigenvalue weighted by Gasteiger charge is 2.17. The Balaban J connectivity index is 2.05. The minimum Gasteiger partial charge on any atom is -0.451 e. The highest BCUT2D eigenvalue weighted by atomic mass is 35.5. The second-order valence-corrected chi connectivity index (χ2v) is 5.17. The first-order chi connectivity index (χ1) is 9.58. The maximum absolute atomic E-state index is 12.3. The highest BCUT2D eigenvalue weighted by molar-refractivity contribution is 6.38. The summed E-state index contributed by atoms with van der Waals surface area (Å²) in [6.07, 6.45) is 3.21. The van der Waals surface area contributed by atoms with Crippen molar-refractivity contribution in [2.45, 2.75) is 13.5 Å². The standard InChI is InChI=1S/C14H10Cl2N2O2/c1-2-18-7-9(6-17-18)13(19)12-4-8-3-10(15)5-11(16)14(8)20-12/h3-7H,2H2,1H3. The smallest absolute Gasteiger partial charge is 0.231 e. The number of hydrogen-bond acceptors (Lipinski definition) is 3. The van der Waals surface area contributed by atoms with E-state index < -0.39 is 0 Å². The van der Waals surface area contributed by atoms with Crippen LogP contribution in [0.1, 0.15) is 23.0 Å². The Morgan fingerprint density at radius 1 is 1.35 bits per heavy atom. The zero-order chi connectivity index (χ0) is 14.3. The lowest BCUT2D eigenvalue weighted by Crippen LogP contribution is -1.98. The summed E-state index contributed by atoms with van der Waals surface area (Å²) in [4.78, 5) is 12.3. The van der Waals surface area contributed by atoms with E-state index in [1.165, 1.54) is 6.20 Å². The fourth-order valence-electron chi connectivity index (χ4n) is 1.98. The maximum atomic E-state index is 12.3. The molecule has 0 atom stereocenters. The van der Waals surface area contributed by atoms with Gasteiger partial charge >= 0.3 is 0 Å². The number of halogens is 2. The van der Waals surface area contributed by atoms with Crippen LogP contribution in [0.5, 0.6) is 0 Å². The quantitative estimate of drug-likeness (QED) is 0.682. The van der Waals surface area contributed by atoms with Crippen molar-refractivity contribution in [1.82, 2.24) is 9.78 Å². The Labute approximate surface area is 124 Å². The van der Waals surface area contributed by atoms with Gasteiger partial charge in [-0.3, -0.25) is 9.48 Å². The molecule has 2 heterocycles. The van der Waals surface area contributed by atoms with Gasteiger partial charge in [-0.2, -0.15) is 5.10 Å². The molecule has 1 aromatic carbocycles. The lowest BCUT2D eigenvalue weighted by Gasteiger charge is -1.94. The molecule has 0 saturated heterocycles. The molecule has 0 amide bonds. The van der Waals surface area contributed by atoms with Gasteiger partial charge in [-0.25, -0.2) is 0 Å².